The normalized spacial score (nSPS) is 42.4. The molecule has 43 heavy (non-hydrogen) atoms. The molecular weight excluding hydrogens is 542 g/mol. The Labute approximate surface area is 258 Å². The van der Waals surface area contributed by atoms with Crippen LogP contribution in [-0.4, -0.2) is 62.6 Å². The maximum Gasteiger partial charge on any atom is 0.185 e. The highest BCUT2D eigenvalue weighted by atomic mass is 16.3. The average Bonchev–Trinajstić information content (AvgIpc) is 3.22. The van der Waals surface area contributed by atoms with Crippen molar-refractivity contribution in [2.75, 3.05) is 6.54 Å². The lowest BCUT2D eigenvalue weighted by Gasteiger charge is -2.62. The van der Waals surface area contributed by atoms with Crippen LogP contribution in [0.4, 0.5) is 0 Å². The molecule has 0 aromatic rings. The lowest BCUT2D eigenvalue weighted by Crippen LogP contribution is -2.64. The van der Waals surface area contributed by atoms with E-state index in [0.717, 1.165) is 24.8 Å². The number of carbonyl (C=O) groups excluding carboxylic acids is 1. The monoisotopic (exact) mass is 599 g/mol. The first-order valence-electron chi connectivity index (χ1n) is 16.9. The highest BCUT2D eigenvalue weighted by molar-refractivity contribution is 5.95. The second-order valence-electron chi connectivity index (χ2n) is 15.7. The summed E-state index contributed by atoms with van der Waals surface area (Å²) in [6.07, 6.45) is 8.39. The first-order chi connectivity index (χ1) is 20.1. The van der Waals surface area contributed by atoms with E-state index in [4.69, 9.17) is 11.5 Å². The Morgan fingerprint density at radius 1 is 1.07 bits per heavy atom. The van der Waals surface area contributed by atoms with Crippen LogP contribution in [0.25, 0.3) is 0 Å². The Hall–Kier alpha value is -1.74. The fourth-order valence-electron chi connectivity index (χ4n) is 10.8. The number of allylic oxidation sites excluding steroid dienone is 2. The molecule has 5 aliphatic rings. The number of hydrogen-bond acceptors (Lipinski definition) is 6. The molecule has 4 fully saturated rings. The molecule has 0 amide bonds. The van der Waals surface area contributed by atoms with Gasteiger partial charge in [-0.25, -0.2) is 0 Å². The number of fused-ring (bicyclic) bond motifs is 5. The fraction of sp³-hybridized carbons (Fsp3) is 0.829. The lowest BCUT2D eigenvalue weighted by atomic mass is 9.43. The van der Waals surface area contributed by atoms with Crippen LogP contribution in [0.15, 0.2) is 27.8 Å². The van der Waals surface area contributed by atoms with Crippen LogP contribution < -0.4 is 11.5 Å². The number of rotatable bonds is 7. The molecule has 11 unspecified atom stereocenters. The van der Waals surface area contributed by atoms with E-state index in [1.165, 1.54) is 30.4 Å². The molecule has 0 heterocycles. The zero-order chi connectivity index (χ0) is 31.5. The van der Waals surface area contributed by atoms with E-state index < -0.39 is 40.7 Å². The van der Waals surface area contributed by atoms with Gasteiger partial charge in [0.25, 0.3) is 0 Å². The number of ketones is 1. The molecule has 0 bridgehead atoms. The summed E-state index contributed by atoms with van der Waals surface area (Å²) < 4.78 is 0. The van der Waals surface area contributed by atoms with Crippen LogP contribution in [0.3, 0.4) is 0 Å². The van der Waals surface area contributed by atoms with Crippen molar-refractivity contribution in [3.05, 3.63) is 22.8 Å². The van der Waals surface area contributed by atoms with Gasteiger partial charge in [-0.1, -0.05) is 52.2 Å². The maximum absolute atomic E-state index is 13.7. The summed E-state index contributed by atoms with van der Waals surface area (Å²) in [6.45, 7) is 11.2. The number of hydrogen-bond donors (Lipinski definition) is 6. The van der Waals surface area contributed by atoms with E-state index in [1.54, 1.807) is 6.08 Å². The highest BCUT2D eigenvalue weighted by Crippen LogP contribution is 2.69. The van der Waals surface area contributed by atoms with Gasteiger partial charge < -0.3 is 31.9 Å². The molecule has 242 valence electrons. The summed E-state index contributed by atoms with van der Waals surface area (Å²) in [6, 6.07) is 0. The minimum absolute atomic E-state index is 0.00735. The van der Waals surface area contributed by atoms with E-state index in [2.05, 4.69) is 32.7 Å². The molecule has 8 nitrogen and oxygen atoms in total. The Morgan fingerprint density at radius 3 is 2.37 bits per heavy atom. The average molecular weight is 600 g/mol. The molecule has 0 spiro atoms. The molecule has 8 heteroatoms. The van der Waals surface area contributed by atoms with Gasteiger partial charge >= 0.3 is 0 Å². The van der Waals surface area contributed by atoms with Crippen LogP contribution in [-0.2, 0) is 4.79 Å². The molecule has 0 radical (unpaired) electrons. The zero-order valence-electron chi connectivity index (χ0n) is 27.1. The van der Waals surface area contributed by atoms with Gasteiger partial charge in [0.15, 0.2) is 11.7 Å². The van der Waals surface area contributed by atoms with E-state index >= 15 is 0 Å². The molecular formula is C35H57N3O5. The largest absolute Gasteiger partial charge is 0.393 e. The third kappa shape index (κ3) is 5.42. The Balaban J connectivity index is 1.51. The summed E-state index contributed by atoms with van der Waals surface area (Å²) in [5, 5.41) is 45.9. The zero-order valence-corrected chi connectivity index (χ0v) is 27.1. The van der Waals surface area contributed by atoms with Gasteiger partial charge in [-0.3, -0.25) is 9.79 Å². The van der Waals surface area contributed by atoms with Gasteiger partial charge in [-0.05, 0) is 111 Å². The Morgan fingerprint density at radius 2 is 1.74 bits per heavy atom. The third-order valence-corrected chi connectivity index (χ3v) is 13.1. The SMILES string of the molecule is CC(C)C(CC(O)C(C)C1CCC2(O)C3=CC(=O)C4CC(O)C(O)CC4(C)C3C(CN=C(N)N)CC12C)=C1CCCCC1. The topological polar surface area (TPSA) is 162 Å². The summed E-state index contributed by atoms with van der Waals surface area (Å²) in [5.74, 6) is -0.393. The van der Waals surface area contributed by atoms with Gasteiger partial charge in [0.05, 0.1) is 23.9 Å². The number of carbonyl (C=O) groups is 1. The van der Waals surface area contributed by atoms with Gasteiger partial charge in [0.1, 0.15) is 0 Å². The number of guanidine groups is 1. The van der Waals surface area contributed by atoms with Gasteiger partial charge in [-0.2, -0.15) is 0 Å². The highest BCUT2D eigenvalue weighted by Gasteiger charge is 2.69. The standard InChI is InChI=1S/C35H57N3O5/c1-19(2)23(21-9-7-6-8-10-21)13-27(39)20(3)24-11-12-35(43)26-15-28(40)25-14-29(41)30(42)17-33(25,4)31(26)22(16-34(24,35)5)18-38-32(36)37/h15,19-20,22,24-25,27,29-31,39,41-43H,6-14,16-18H2,1-5H3,(H4,36,37,38). The minimum atomic E-state index is -1.21. The van der Waals surface area contributed by atoms with Gasteiger partial charge in [0.2, 0.25) is 0 Å². The molecule has 0 aromatic carbocycles. The number of nitrogens with two attached hydrogens (primary N) is 2. The molecule has 0 aromatic heterocycles. The third-order valence-electron chi connectivity index (χ3n) is 13.1. The molecule has 4 saturated carbocycles. The smallest absolute Gasteiger partial charge is 0.185 e. The van der Waals surface area contributed by atoms with Crippen molar-refractivity contribution in [3.8, 4) is 0 Å². The first kappa shape index (κ1) is 32.6. The summed E-state index contributed by atoms with van der Waals surface area (Å²) >= 11 is 0. The number of aliphatic hydroxyl groups is 4. The van der Waals surface area contributed by atoms with Crippen molar-refractivity contribution in [3.63, 3.8) is 0 Å². The van der Waals surface area contributed by atoms with E-state index in [0.29, 0.717) is 31.7 Å². The maximum atomic E-state index is 13.7. The minimum Gasteiger partial charge on any atom is -0.393 e. The van der Waals surface area contributed by atoms with Crippen molar-refractivity contribution in [1.82, 2.24) is 0 Å². The summed E-state index contributed by atoms with van der Waals surface area (Å²) in [4.78, 5) is 18.2. The van der Waals surface area contributed by atoms with Crippen LogP contribution >= 0.6 is 0 Å². The second-order valence-corrected chi connectivity index (χ2v) is 15.7. The summed E-state index contributed by atoms with van der Waals surface area (Å²) in [7, 11) is 0. The number of aliphatic hydroxyl groups excluding tert-OH is 3. The van der Waals surface area contributed by atoms with Crippen molar-refractivity contribution in [2.24, 2.45) is 62.8 Å². The molecule has 5 aliphatic carbocycles. The number of aliphatic imine (C=N–C) groups is 1. The lowest BCUT2D eigenvalue weighted by molar-refractivity contribution is -0.164. The Bertz CT molecular complexity index is 1170. The van der Waals surface area contributed by atoms with Crippen molar-refractivity contribution < 1.29 is 25.2 Å². The molecule has 8 N–H and O–H groups in total. The van der Waals surface area contributed by atoms with Gasteiger partial charge in [-0.15, -0.1) is 0 Å². The van der Waals surface area contributed by atoms with Crippen LogP contribution in [0.1, 0.15) is 105 Å². The van der Waals surface area contributed by atoms with Crippen LogP contribution in [0.2, 0.25) is 0 Å². The molecule has 11 atom stereocenters. The van der Waals surface area contributed by atoms with Crippen molar-refractivity contribution >= 4 is 11.7 Å². The predicted molar refractivity (Wildman–Crippen MR) is 169 cm³/mol. The van der Waals surface area contributed by atoms with E-state index in [1.807, 2.05) is 6.92 Å². The number of nitrogens with zero attached hydrogens (tertiary/aromatic N) is 1. The van der Waals surface area contributed by atoms with Crippen molar-refractivity contribution in [2.45, 2.75) is 129 Å². The summed E-state index contributed by atoms with van der Waals surface area (Å²) in [5.41, 5.74) is 12.9. The van der Waals surface area contributed by atoms with Crippen LogP contribution in [0, 0.1) is 46.3 Å². The molecule has 0 aliphatic heterocycles. The molecule has 5 rings (SSSR count). The second kappa shape index (κ2) is 11.9. The van der Waals surface area contributed by atoms with Crippen molar-refractivity contribution in [1.29, 1.82) is 0 Å². The quantitative estimate of drug-likeness (QED) is 0.146. The Kier molecular flexibility index (Phi) is 9.02. The fourth-order valence-corrected chi connectivity index (χ4v) is 10.8. The van der Waals surface area contributed by atoms with Gasteiger partial charge in [0, 0.05) is 17.9 Å². The van der Waals surface area contributed by atoms with E-state index in [-0.39, 0.29) is 48.3 Å². The van der Waals surface area contributed by atoms with Crippen LogP contribution in [0.5, 0.6) is 0 Å². The molecule has 0 saturated heterocycles. The predicted octanol–water partition coefficient (Wildman–Crippen LogP) is 3.99. The first-order valence-corrected chi connectivity index (χ1v) is 16.9. The van der Waals surface area contributed by atoms with E-state index in [9.17, 15) is 25.2 Å².